The predicted molar refractivity (Wildman–Crippen MR) is 90.0 cm³/mol. The molecule has 1 aromatic rings. The number of ether oxygens (including phenoxy) is 1. The van der Waals surface area contributed by atoms with Gasteiger partial charge in [0, 0.05) is 30.1 Å². The van der Waals surface area contributed by atoms with E-state index >= 15 is 0 Å². The molecule has 1 atom stereocenters. The van der Waals surface area contributed by atoms with Crippen LogP contribution in [0.3, 0.4) is 0 Å². The third kappa shape index (κ3) is 4.27. The van der Waals surface area contributed by atoms with Gasteiger partial charge in [0.15, 0.2) is 0 Å². The number of aromatic nitrogens is 1. The van der Waals surface area contributed by atoms with E-state index in [0.717, 1.165) is 31.2 Å². The van der Waals surface area contributed by atoms with E-state index < -0.39 is 0 Å². The summed E-state index contributed by atoms with van der Waals surface area (Å²) in [5.41, 5.74) is 1.13. The summed E-state index contributed by atoms with van der Waals surface area (Å²) >= 11 is 1.78. The Morgan fingerprint density at radius 2 is 2.14 bits per heavy atom. The maximum atomic E-state index is 6.33. The molecular weight excluding hydrogens is 280 g/mol. The maximum Gasteiger partial charge on any atom is 0.0944 e. The van der Waals surface area contributed by atoms with Gasteiger partial charge in [0.05, 0.1) is 10.6 Å². The van der Waals surface area contributed by atoms with Crippen molar-refractivity contribution in [2.24, 2.45) is 5.92 Å². The maximum absolute atomic E-state index is 6.33. The lowest BCUT2D eigenvalue weighted by molar-refractivity contribution is -0.0958. The molecule has 3 nitrogen and oxygen atoms in total. The molecule has 4 heteroatoms. The van der Waals surface area contributed by atoms with E-state index in [-0.39, 0.29) is 5.60 Å². The SMILES string of the molecule is CCNC(Cc1nc(C)cs1)C1(OCC)CCC(C)CC1. The van der Waals surface area contributed by atoms with Crippen LogP contribution in [0.25, 0.3) is 0 Å². The molecule has 1 aliphatic carbocycles. The quantitative estimate of drug-likeness (QED) is 0.828. The van der Waals surface area contributed by atoms with Crippen molar-refractivity contribution in [1.82, 2.24) is 10.3 Å². The zero-order valence-corrected chi connectivity index (χ0v) is 14.8. The molecule has 0 radical (unpaired) electrons. The van der Waals surface area contributed by atoms with E-state index in [1.165, 1.54) is 30.7 Å². The van der Waals surface area contributed by atoms with Gasteiger partial charge in [0.1, 0.15) is 0 Å². The average Bonchev–Trinajstić information content (AvgIpc) is 2.87. The van der Waals surface area contributed by atoms with E-state index in [4.69, 9.17) is 4.74 Å². The fourth-order valence-electron chi connectivity index (χ4n) is 3.49. The summed E-state index contributed by atoms with van der Waals surface area (Å²) in [5, 5.41) is 7.07. The van der Waals surface area contributed by atoms with Crippen LogP contribution >= 0.6 is 11.3 Å². The zero-order valence-electron chi connectivity index (χ0n) is 13.9. The van der Waals surface area contributed by atoms with Gasteiger partial charge >= 0.3 is 0 Å². The molecule has 1 aliphatic rings. The van der Waals surface area contributed by atoms with Crippen molar-refractivity contribution < 1.29 is 4.74 Å². The Labute approximate surface area is 133 Å². The number of likely N-dealkylation sites (N-methyl/N-ethyl adjacent to an activating group) is 1. The third-order valence-corrected chi connectivity index (χ3v) is 5.67. The minimum atomic E-state index is -0.00313. The van der Waals surface area contributed by atoms with Crippen LogP contribution in [0, 0.1) is 12.8 Å². The minimum absolute atomic E-state index is 0.00313. The molecule has 1 saturated carbocycles. The highest BCUT2D eigenvalue weighted by Crippen LogP contribution is 2.38. The first-order chi connectivity index (χ1) is 10.1. The molecule has 21 heavy (non-hydrogen) atoms. The summed E-state index contributed by atoms with van der Waals surface area (Å²) in [4.78, 5) is 4.66. The Balaban J connectivity index is 2.15. The van der Waals surface area contributed by atoms with E-state index in [1.54, 1.807) is 11.3 Å². The first-order valence-electron chi connectivity index (χ1n) is 8.38. The summed E-state index contributed by atoms with van der Waals surface area (Å²) < 4.78 is 6.33. The number of hydrogen-bond acceptors (Lipinski definition) is 4. The Kier molecular flexibility index (Phi) is 6.20. The van der Waals surface area contributed by atoms with Crippen molar-refractivity contribution in [2.75, 3.05) is 13.2 Å². The third-order valence-electron chi connectivity index (χ3n) is 4.68. The lowest BCUT2D eigenvalue weighted by Crippen LogP contribution is -2.55. The van der Waals surface area contributed by atoms with Gasteiger partial charge in [-0.2, -0.15) is 0 Å². The molecule has 0 bridgehead atoms. The van der Waals surface area contributed by atoms with Crippen molar-refractivity contribution in [3.63, 3.8) is 0 Å². The molecule has 0 saturated heterocycles. The van der Waals surface area contributed by atoms with Crippen LogP contribution in [0.2, 0.25) is 0 Å². The second-order valence-corrected chi connectivity index (χ2v) is 7.32. The standard InChI is InChI=1S/C17H30N2OS/c1-5-18-15(11-16-19-14(4)12-21-16)17(20-6-2)9-7-13(3)8-10-17/h12-13,15,18H,5-11H2,1-4H3. The van der Waals surface area contributed by atoms with Gasteiger partial charge in [-0.05, 0) is 52.0 Å². The highest BCUT2D eigenvalue weighted by atomic mass is 32.1. The highest BCUT2D eigenvalue weighted by molar-refractivity contribution is 7.09. The molecule has 1 aromatic heterocycles. The Morgan fingerprint density at radius 3 is 2.67 bits per heavy atom. The Morgan fingerprint density at radius 1 is 1.43 bits per heavy atom. The Bertz CT molecular complexity index is 424. The van der Waals surface area contributed by atoms with Crippen LogP contribution in [0.5, 0.6) is 0 Å². The van der Waals surface area contributed by atoms with Crippen molar-refractivity contribution in [3.8, 4) is 0 Å². The van der Waals surface area contributed by atoms with Crippen LogP contribution in [-0.4, -0.2) is 29.8 Å². The Hall–Kier alpha value is -0.450. The smallest absolute Gasteiger partial charge is 0.0944 e. The lowest BCUT2D eigenvalue weighted by Gasteiger charge is -2.45. The fraction of sp³-hybridized carbons (Fsp3) is 0.824. The van der Waals surface area contributed by atoms with Crippen LogP contribution in [0.1, 0.15) is 57.2 Å². The molecule has 0 aromatic carbocycles. The molecule has 1 heterocycles. The fourth-order valence-corrected chi connectivity index (χ4v) is 4.31. The van der Waals surface area contributed by atoms with Crippen LogP contribution in [0.4, 0.5) is 0 Å². The van der Waals surface area contributed by atoms with Gasteiger partial charge in [-0.3, -0.25) is 0 Å². The van der Waals surface area contributed by atoms with Gasteiger partial charge in [-0.25, -0.2) is 4.98 Å². The van der Waals surface area contributed by atoms with Crippen molar-refractivity contribution >= 4 is 11.3 Å². The minimum Gasteiger partial charge on any atom is -0.374 e. The second-order valence-electron chi connectivity index (χ2n) is 6.38. The molecule has 0 spiro atoms. The van der Waals surface area contributed by atoms with Crippen molar-refractivity contribution in [1.29, 1.82) is 0 Å². The number of nitrogens with zero attached hydrogens (tertiary/aromatic N) is 1. The average molecular weight is 311 g/mol. The summed E-state index contributed by atoms with van der Waals surface area (Å²) in [5.74, 6) is 0.836. The predicted octanol–water partition coefficient (Wildman–Crippen LogP) is 3.96. The van der Waals surface area contributed by atoms with E-state index in [9.17, 15) is 0 Å². The molecular formula is C17H30N2OS. The number of nitrogens with one attached hydrogen (secondary N) is 1. The second kappa shape index (κ2) is 7.70. The molecule has 0 amide bonds. The molecule has 2 rings (SSSR count). The van der Waals surface area contributed by atoms with Gasteiger partial charge in [-0.1, -0.05) is 13.8 Å². The van der Waals surface area contributed by atoms with Crippen LogP contribution in [0.15, 0.2) is 5.38 Å². The highest BCUT2D eigenvalue weighted by Gasteiger charge is 2.42. The number of aryl methyl sites for hydroxylation is 1. The summed E-state index contributed by atoms with van der Waals surface area (Å²) in [6.45, 7) is 10.5. The summed E-state index contributed by atoms with van der Waals surface area (Å²) in [7, 11) is 0. The van der Waals surface area contributed by atoms with Gasteiger partial charge in [0.2, 0.25) is 0 Å². The molecule has 1 N–H and O–H groups in total. The van der Waals surface area contributed by atoms with Gasteiger partial charge < -0.3 is 10.1 Å². The summed E-state index contributed by atoms with van der Waals surface area (Å²) in [6, 6.07) is 0.375. The lowest BCUT2D eigenvalue weighted by atomic mass is 9.74. The molecule has 120 valence electrons. The van der Waals surface area contributed by atoms with E-state index in [1.807, 2.05) is 0 Å². The number of thiazole rings is 1. The normalized spacial score (nSPS) is 27.7. The first kappa shape index (κ1) is 16.9. The molecule has 1 unspecified atom stereocenters. The molecule has 0 aliphatic heterocycles. The van der Waals surface area contributed by atoms with Crippen LogP contribution < -0.4 is 5.32 Å². The molecule has 1 fully saturated rings. The first-order valence-corrected chi connectivity index (χ1v) is 9.26. The van der Waals surface area contributed by atoms with E-state index in [0.29, 0.717) is 6.04 Å². The number of hydrogen-bond donors (Lipinski definition) is 1. The largest absolute Gasteiger partial charge is 0.374 e. The van der Waals surface area contributed by atoms with Gasteiger partial charge in [0.25, 0.3) is 0 Å². The monoisotopic (exact) mass is 310 g/mol. The van der Waals surface area contributed by atoms with Crippen molar-refractivity contribution in [2.45, 2.75) is 71.4 Å². The van der Waals surface area contributed by atoms with Crippen LogP contribution in [-0.2, 0) is 11.2 Å². The number of rotatable bonds is 7. The summed E-state index contributed by atoms with van der Waals surface area (Å²) in [6.07, 6.45) is 5.88. The van der Waals surface area contributed by atoms with E-state index in [2.05, 4.69) is 43.4 Å². The van der Waals surface area contributed by atoms with Gasteiger partial charge in [-0.15, -0.1) is 11.3 Å². The van der Waals surface area contributed by atoms with Crippen molar-refractivity contribution in [3.05, 3.63) is 16.1 Å². The zero-order chi connectivity index (χ0) is 15.3. The topological polar surface area (TPSA) is 34.2 Å².